The highest BCUT2D eigenvalue weighted by molar-refractivity contribution is 8.04. The van der Waals surface area contributed by atoms with E-state index in [9.17, 15) is 9.59 Å². The van der Waals surface area contributed by atoms with Crippen LogP contribution < -0.4 is 5.32 Å². The third-order valence-electron chi connectivity index (χ3n) is 2.02. The van der Waals surface area contributed by atoms with Gasteiger partial charge in [-0.3, -0.25) is 14.9 Å². The molecular formula is C8H9NO2S. The van der Waals surface area contributed by atoms with Crippen LogP contribution in [0.4, 0.5) is 0 Å². The molecule has 12 heavy (non-hydrogen) atoms. The minimum Gasteiger partial charge on any atom is -0.292 e. The Hall–Kier alpha value is -0.770. The summed E-state index contributed by atoms with van der Waals surface area (Å²) in [6.45, 7) is 0. The maximum atomic E-state index is 11.2. The second-order valence-electron chi connectivity index (χ2n) is 2.94. The van der Waals surface area contributed by atoms with Crippen molar-refractivity contribution in [3.05, 3.63) is 10.5 Å². The molecule has 0 fully saturated rings. The highest BCUT2D eigenvalue weighted by Gasteiger charge is 2.27. The molecule has 0 atom stereocenters. The second kappa shape index (κ2) is 2.94. The van der Waals surface area contributed by atoms with Crippen molar-refractivity contribution in [2.24, 2.45) is 0 Å². The molecule has 0 saturated heterocycles. The molecule has 4 heteroatoms. The topological polar surface area (TPSA) is 46.2 Å². The SMILES string of the molecule is O=C1CC2=C(SCCC2)C(=O)N1. The average Bonchev–Trinajstić information content (AvgIpc) is 2.04. The first-order chi connectivity index (χ1) is 5.77. The number of thioether (sulfide) groups is 1. The fourth-order valence-electron chi connectivity index (χ4n) is 1.49. The number of nitrogens with one attached hydrogen (secondary N) is 1. The lowest BCUT2D eigenvalue weighted by Crippen LogP contribution is -2.36. The maximum Gasteiger partial charge on any atom is 0.264 e. The Morgan fingerprint density at radius 3 is 3.00 bits per heavy atom. The summed E-state index contributed by atoms with van der Waals surface area (Å²) in [5.41, 5.74) is 1.04. The molecule has 0 aromatic rings. The zero-order valence-electron chi connectivity index (χ0n) is 6.55. The fourth-order valence-corrected chi connectivity index (χ4v) is 2.54. The lowest BCUT2D eigenvalue weighted by molar-refractivity contribution is -0.128. The van der Waals surface area contributed by atoms with Crippen LogP contribution in [-0.2, 0) is 9.59 Å². The molecule has 0 unspecified atom stereocenters. The molecule has 2 aliphatic heterocycles. The van der Waals surface area contributed by atoms with Crippen LogP contribution in [0.1, 0.15) is 19.3 Å². The van der Waals surface area contributed by atoms with Gasteiger partial charge in [0, 0.05) is 6.42 Å². The van der Waals surface area contributed by atoms with Crippen LogP contribution in [0.5, 0.6) is 0 Å². The first-order valence-electron chi connectivity index (χ1n) is 3.96. The normalized spacial score (nSPS) is 23.7. The summed E-state index contributed by atoms with van der Waals surface area (Å²) >= 11 is 1.57. The molecule has 64 valence electrons. The number of hydrogen-bond donors (Lipinski definition) is 1. The Labute approximate surface area is 74.6 Å². The molecule has 0 radical (unpaired) electrons. The van der Waals surface area contributed by atoms with E-state index in [4.69, 9.17) is 0 Å². The Balaban J connectivity index is 2.32. The lowest BCUT2D eigenvalue weighted by atomic mass is 10.0. The van der Waals surface area contributed by atoms with Crippen LogP contribution >= 0.6 is 11.8 Å². The maximum absolute atomic E-state index is 11.2. The van der Waals surface area contributed by atoms with Crippen molar-refractivity contribution in [1.29, 1.82) is 0 Å². The highest BCUT2D eigenvalue weighted by Crippen LogP contribution is 2.33. The summed E-state index contributed by atoms with van der Waals surface area (Å²) in [4.78, 5) is 23.0. The first-order valence-corrected chi connectivity index (χ1v) is 4.95. The molecule has 0 aliphatic carbocycles. The summed E-state index contributed by atoms with van der Waals surface area (Å²) in [6, 6.07) is 0. The van der Waals surface area contributed by atoms with Crippen molar-refractivity contribution < 1.29 is 9.59 Å². The van der Waals surface area contributed by atoms with Gasteiger partial charge in [0.15, 0.2) is 0 Å². The van der Waals surface area contributed by atoms with Crippen molar-refractivity contribution in [3.63, 3.8) is 0 Å². The number of rotatable bonds is 0. The molecular weight excluding hydrogens is 174 g/mol. The summed E-state index contributed by atoms with van der Waals surface area (Å²) in [5, 5.41) is 2.32. The van der Waals surface area contributed by atoms with Gasteiger partial charge in [0.2, 0.25) is 5.91 Å². The Bertz CT molecular complexity index is 283. The third-order valence-corrected chi connectivity index (χ3v) is 3.28. The van der Waals surface area contributed by atoms with Crippen molar-refractivity contribution in [2.45, 2.75) is 19.3 Å². The van der Waals surface area contributed by atoms with Crippen LogP contribution in [0.2, 0.25) is 0 Å². The van der Waals surface area contributed by atoms with Crippen molar-refractivity contribution in [2.75, 3.05) is 5.75 Å². The average molecular weight is 183 g/mol. The molecule has 2 amide bonds. The molecule has 0 aromatic carbocycles. The van der Waals surface area contributed by atoms with E-state index >= 15 is 0 Å². The van der Waals surface area contributed by atoms with Crippen LogP contribution in [0.25, 0.3) is 0 Å². The predicted molar refractivity (Wildman–Crippen MR) is 46.5 cm³/mol. The third kappa shape index (κ3) is 1.27. The monoisotopic (exact) mass is 183 g/mol. The molecule has 2 aliphatic rings. The van der Waals surface area contributed by atoms with E-state index in [2.05, 4.69) is 5.32 Å². The lowest BCUT2D eigenvalue weighted by Gasteiger charge is -2.22. The van der Waals surface area contributed by atoms with Crippen molar-refractivity contribution >= 4 is 23.6 Å². The summed E-state index contributed by atoms with van der Waals surface area (Å²) < 4.78 is 0. The number of imide groups is 1. The van der Waals surface area contributed by atoms with E-state index in [0.717, 1.165) is 29.1 Å². The van der Waals surface area contributed by atoms with Gasteiger partial charge >= 0.3 is 0 Å². The summed E-state index contributed by atoms with van der Waals surface area (Å²) in [6.07, 6.45) is 2.43. The largest absolute Gasteiger partial charge is 0.292 e. The molecule has 3 nitrogen and oxygen atoms in total. The number of hydrogen-bond acceptors (Lipinski definition) is 3. The van der Waals surface area contributed by atoms with Gasteiger partial charge in [0.05, 0.1) is 4.91 Å². The van der Waals surface area contributed by atoms with E-state index in [1.165, 1.54) is 0 Å². The molecule has 0 bridgehead atoms. The van der Waals surface area contributed by atoms with Crippen LogP contribution in [0, 0.1) is 0 Å². The van der Waals surface area contributed by atoms with Crippen molar-refractivity contribution in [3.8, 4) is 0 Å². The Morgan fingerprint density at radius 2 is 2.17 bits per heavy atom. The molecule has 1 N–H and O–H groups in total. The number of carbonyl (C=O) groups excluding carboxylic acids is 2. The molecule has 2 heterocycles. The van der Waals surface area contributed by atoms with E-state index in [1.54, 1.807) is 11.8 Å². The molecule has 2 rings (SSSR count). The van der Waals surface area contributed by atoms with Gasteiger partial charge < -0.3 is 0 Å². The first kappa shape index (κ1) is 7.86. The van der Waals surface area contributed by atoms with Gasteiger partial charge in [0.1, 0.15) is 0 Å². The van der Waals surface area contributed by atoms with Gasteiger partial charge in [-0.25, -0.2) is 0 Å². The van der Waals surface area contributed by atoms with Gasteiger partial charge in [-0.15, -0.1) is 11.8 Å². The Kier molecular flexibility index (Phi) is 1.92. The quantitative estimate of drug-likeness (QED) is 0.565. The van der Waals surface area contributed by atoms with Crippen molar-refractivity contribution in [1.82, 2.24) is 5.32 Å². The standard InChI is InChI=1S/C8H9NO2S/c10-6-4-5-2-1-3-12-7(5)8(11)9-6/h1-4H2,(H,9,10,11). The summed E-state index contributed by atoms with van der Waals surface area (Å²) in [7, 11) is 0. The van der Waals surface area contributed by atoms with Crippen LogP contribution in [0.15, 0.2) is 10.5 Å². The fraction of sp³-hybridized carbons (Fsp3) is 0.500. The van der Waals surface area contributed by atoms with E-state index in [1.807, 2.05) is 0 Å². The van der Waals surface area contributed by atoms with Crippen LogP contribution in [-0.4, -0.2) is 17.6 Å². The van der Waals surface area contributed by atoms with Gasteiger partial charge in [0.25, 0.3) is 5.91 Å². The molecule has 0 spiro atoms. The Morgan fingerprint density at radius 1 is 1.33 bits per heavy atom. The number of carbonyl (C=O) groups is 2. The smallest absolute Gasteiger partial charge is 0.264 e. The number of amides is 2. The van der Waals surface area contributed by atoms with Gasteiger partial charge in [-0.1, -0.05) is 0 Å². The minimum atomic E-state index is -0.189. The predicted octanol–water partition coefficient (Wildman–Crippen LogP) is 0.814. The zero-order chi connectivity index (χ0) is 8.55. The van der Waals surface area contributed by atoms with E-state index < -0.39 is 0 Å². The minimum absolute atomic E-state index is 0.152. The van der Waals surface area contributed by atoms with Gasteiger partial charge in [-0.2, -0.15) is 0 Å². The van der Waals surface area contributed by atoms with E-state index in [0.29, 0.717) is 6.42 Å². The van der Waals surface area contributed by atoms with E-state index in [-0.39, 0.29) is 11.8 Å². The highest BCUT2D eigenvalue weighted by atomic mass is 32.2. The molecule has 0 saturated carbocycles. The molecule has 0 aromatic heterocycles. The zero-order valence-corrected chi connectivity index (χ0v) is 7.37. The summed E-state index contributed by atoms with van der Waals surface area (Å²) in [5.74, 6) is 0.660. The second-order valence-corrected chi connectivity index (χ2v) is 4.04. The van der Waals surface area contributed by atoms with Crippen LogP contribution in [0.3, 0.4) is 0 Å². The van der Waals surface area contributed by atoms with Gasteiger partial charge in [-0.05, 0) is 24.2 Å².